The molecule has 1 aromatic carbocycles. The van der Waals surface area contributed by atoms with Crippen molar-refractivity contribution >= 4 is 5.97 Å². The average Bonchev–Trinajstić information content (AvgIpc) is 2.52. The summed E-state index contributed by atoms with van der Waals surface area (Å²) < 4.78 is 5.55. The van der Waals surface area contributed by atoms with Crippen LogP contribution in [0.4, 0.5) is 0 Å². The maximum absolute atomic E-state index is 12.7. The fourth-order valence-electron chi connectivity index (χ4n) is 2.86. The Balaban J connectivity index is 2.23. The molecule has 0 radical (unpaired) electrons. The molecule has 0 spiro atoms. The van der Waals surface area contributed by atoms with E-state index >= 15 is 0 Å². The van der Waals surface area contributed by atoms with Crippen LogP contribution in [0.2, 0.25) is 0 Å². The first-order valence-electron chi connectivity index (χ1n) is 8.32. The van der Waals surface area contributed by atoms with Crippen LogP contribution in [0, 0.1) is 13.8 Å². The Morgan fingerprint density at radius 1 is 1.32 bits per heavy atom. The predicted molar refractivity (Wildman–Crippen MR) is 89.0 cm³/mol. The second-order valence-corrected chi connectivity index (χ2v) is 6.07. The number of hydrogen-bond acceptors (Lipinski definition) is 4. The van der Waals surface area contributed by atoms with Gasteiger partial charge in [-0.25, -0.2) is 4.79 Å². The minimum Gasteiger partial charge on any atom is -0.464 e. The van der Waals surface area contributed by atoms with Crippen LogP contribution in [-0.4, -0.2) is 43.7 Å². The zero-order valence-electron chi connectivity index (χ0n) is 14.0. The summed E-state index contributed by atoms with van der Waals surface area (Å²) in [4.78, 5) is 14.9. The number of hydrogen-bond donors (Lipinski definition) is 1. The molecule has 2 rings (SSSR count). The van der Waals surface area contributed by atoms with Crippen molar-refractivity contribution in [3.05, 3.63) is 34.9 Å². The lowest BCUT2D eigenvalue weighted by Gasteiger charge is -2.34. The lowest BCUT2D eigenvalue weighted by molar-refractivity contribution is -0.150. The van der Waals surface area contributed by atoms with Gasteiger partial charge in [0.1, 0.15) is 6.04 Å². The number of rotatable bonds is 6. The zero-order valence-corrected chi connectivity index (χ0v) is 14.0. The van der Waals surface area contributed by atoms with Crippen molar-refractivity contribution in [1.29, 1.82) is 0 Å². The highest BCUT2D eigenvalue weighted by Crippen LogP contribution is 2.27. The van der Waals surface area contributed by atoms with E-state index in [9.17, 15) is 4.79 Å². The summed E-state index contributed by atoms with van der Waals surface area (Å²) in [6.45, 7) is 10.4. The third-order valence-corrected chi connectivity index (χ3v) is 4.21. The largest absolute Gasteiger partial charge is 0.464 e. The SMILES string of the molecule is CCCCOC(=O)C(c1cc(C)ccc1C)N1CCNCC1. The van der Waals surface area contributed by atoms with Crippen LogP contribution >= 0.6 is 0 Å². The molecule has 1 unspecified atom stereocenters. The first-order valence-corrected chi connectivity index (χ1v) is 8.32. The van der Waals surface area contributed by atoms with Gasteiger partial charge in [0, 0.05) is 26.2 Å². The summed E-state index contributed by atoms with van der Waals surface area (Å²) in [5, 5.41) is 3.34. The maximum Gasteiger partial charge on any atom is 0.328 e. The number of nitrogens with zero attached hydrogens (tertiary/aromatic N) is 1. The first kappa shape index (κ1) is 17.0. The Labute approximate surface area is 133 Å². The van der Waals surface area contributed by atoms with E-state index < -0.39 is 0 Å². The number of benzene rings is 1. The number of unbranched alkanes of at least 4 members (excludes halogenated alkanes) is 1. The van der Waals surface area contributed by atoms with Crippen LogP contribution in [0.25, 0.3) is 0 Å². The highest BCUT2D eigenvalue weighted by molar-refractivity contribution is 5.78. The Bertz CT molecular complexity index is 496. The van der Waals surface area contributed by atoms with E-state index in [2.05, 4.69) is 49.2 Å². The maximum atomic E-state index is 12.7. The van der Waals surface area contributed by atoms with Crippen molar-refractivity contribution in [2.24, 2.45) is 0 Å². The molecule has 0 bridgehead atoms. The molecule has 0 aromatic heterocycles. The van der Waals surface area contributed by atoms with Gasteiger partial charge in [-0.3, -0.25) is 4.90 Å². The number of carbonyl (C=O) groups excluding carboxylic acids is 1. The summed E-state index contributed by atoms with van der Waals surface area (Å²) in [6.07, 6.45) is 1.96. The van der Waals surface area contributed by atoms with Crippen LogP contribution in [0.1, 0.15) is 42.5 Å². The monoisotopic (exact) mass is 304 g/mol. The number of piperazine rings is 1. The van der Waals surface area contributed by atoms with E-state index in [1.807, 2.05) is 0 Å². The van der Waals surface area contributed by atoms with Crippen molar-refractivity contribution in [3.63, 3.8) is 0 Å². The topological polar surface area (TPSA) is 41.6 Å². The molecule has 0 saturated carbocycles. The highest BCUT2D eigenvalue weighted by Gasteiger charge is 2.31. The summed E-state index contributed by atoms with van der Waals surface area (Å²) in [5.41, 5.74) is 3.42. The van der Waals surface area contributed by atoms with Crippen molar-refractivity contribution < 1.29 is 9.53 Å². The normalized spacial score (nSPS) is 17.2. The molecule has 1 saturated heterocycles. The van der Waals surface area contributed by atoms with Crippen LogP contribution in [-0.2, 0) is 9.53 Å². The lowest BCUT2D eigenvalue weighted by atomic mass is 9.97. The fourth-order valence-corrected chi connectivity index (χ4v) is 2.86. The van der Waals surface area contributed by atoms with Gasteiger partial charge in [-0.2, -0.15) is 0 Å². The van der Waals surface area contributed by atoms with E-state index in [1.165, 1.54) is 5.56 Å². The van der Waals surface area contributed by atoms with Crippen LogP contribution in [0.3, 0.4) is 0 Å². The standard InChI is InChI=1S/C18H28N2O2/c1-4-5-12-22-18(21)17(20-10-8-19-9-11-20)16-13-14(2)6-7-15(16)3/h6-7,13,17,19H,4-5,8-12H2,1-3H3. The molecule has 0 aliphatic carbocycles. The molecule has 1 fully saturated rings. The van der Waals surface area contributed by atoms with Crippen molar-refractivity contribution in [1.82, 2.24) is 10.2 Å². The Hall–Kier alpha value is -1.39. The second-order valence-electron chi connectivity index (χ2n) is 6.07. The van der Waals surface area contributed by atoms with Gasteiger partial charge in [0.05, 0.1) is 6.61 Å². The Kier molecular flexibility index (Phi) is 6.40. The van der Waals surface area contributed by atoms with E-state index in [1.54, 1.807) is 0 Å². The Morgan fingerprint density at radius 2 is 2.05 bits per heavy atom. The molecule has 1 heterocycles. The van der Waals surface area contributed by atoms with Gasteiger partial charge in [-0.1, -0.05) is 37.1 Å². The van der Waals surface area contributed by atoms with Crippen LogP contribution < -0.4 is 5.32 Å². The van der Waals surface area contributed by atoms with E-state index in [-0.39, 0.29) is 12.0 Å². The minimum atomic E-state index is -0.279. The third kappa shape index (κ3) is 4.31. The summed E-state index contributed by atoms with van der Waals surface area (Å²) in [6, 6.07) is 6.04. The average molecular weight is 304 g/mol. The van der Waals surface area contributed by atoms with Gasteiger partial charge in [-0.15, -0.1) is 0 Å². The molecule has 1 aliphatic heterocycles. The summed E-state index contributed by atoms with van der Waals surface area (Å²) in [7, 11) is 0. The Morgan fingerprint density at radius 3 is 2.73 bits per heavy atom. The molecule has 1 aliphatic rings. The van der Waals surface area contributed by atoms with Gasteiger partial charge in [0.2, 0.25) is 0 Å². The number of nitrogens with one attached hydrogen (secondary N) is 1. The zero-order chi connectivity index (χ0) is 15.9. The lowest BCUT2D eigenvalue weighted by Crippen LogP contribution is -2.47. The van der Waals surface area contributed by atoms with Gasteiger partial charge in [0.15, 0.2) is 0 Å². The van der Waals surface area contributed by atoms with Crippen molar-refractivity contribution in [2.75, 3.05) is 32.8 Å². The molecule has 4 heteroatoms. The molecule has 4 nitrogen and oxygen atoms in total. The number of aryl methyl sites for hydroxylation is 2. The molecule has 1 N–H and O–H groups in total. The molecular weight excluding hydrogens is 276 g/mol. The molecule has 0 amide bonds. The predicted octanol–water partition coefficient (Wildman–Crippen LogP) is 2.59. The van der Waals surface area contributed by atoms with Gasteiger partial charge >= 0.3 is 5.97 Å². The van der Waals surface area contributed by atoms with Gasteiger partial charge in [-0.05, 0) is 31.4 Å². The smallest absolute Gasteiger partial charge is 0.328 e. The van der Waals surface area contributed by atoms with E-state index in [0.29, 0.717) is 6.61 Å². The van der Waals surface area contributed by atoms with Gasteiger partial charge < -0.3 is 10.1 Å². The number of carbonyl (C=O) groups is 1. The highest BCUT2D eigenvalue weighted by atomic mass is 16.5. The number of ether oxygens (including phenoxy) is 1. The molecule has 122 valence electrons. The summed E-state index contributed by atoms with van der Waals surface area (Å²) in [5.74, 6) is -0.107. The van der Waals surface area contributed by atoms with E-state index in [0.717, 1.165) is 50.1 Å². The summed E-state index contributed by atoms with van der Waals surface area (Å²) >= 11 is 0. The molecule has 1 atom stereocenters. The number of esters is 1. The van der Waals surface area contributed by atoms with Gasteiger partial charge in [0.25, 0.3) is 0 Å². The molecular formula is C18H28N2O2. The first-order chi connectivity index (χ1) is 10.6. The second kappa shape index (κ2) is 8.30. The van der Waals surface area contributed by atoms with Crippen LogP contribution in [0.15, 0.2) is 18.2 Å². The quantitative estimate of drug-likeness (QED) is 0.648. The van der Waals surface area contributed by atoms with Crippen molar-refractivity contribution in [2.45, 2.75) is 39.7 Å². The van der Waals surface area contributed by atoms with Crippen LogP contribution in [0.5, 0.6) is 0 Å². The molecule has 1 aromatic rings. The van der Waals surface area contributed by atoms with E-state index in [4.69, 9.17) is 4.74 Å². The third-order valence-electron chi connectivity index (χ3n) is 4.21. The minimum absolute atomic E-state index is 0.107. The molecule has 22 heavy (non-hydrogen) atoms. The van der Waals surface area contributed by atoms with Crippen molar-refractivity contribution in [3.8, 4) is 0 Å². The fraction of sp³-hybridized carbons (Fsp3) is 0.611.